The molecule has 0 aromatic heterocycles. The van der Waals surface area contributed by atoms with Crippen LogP contribution in [-0.2, 0) is 24.1 Å². The van der Waals surface area contributed by atoms with Crippen molar-refractivity contribution in [3.05, 3.63) is 34.9 Å². The Balaban J connectivity index is 1.93. The first kappa shape index (κ1) is 13.6. The van der Waals surface area contributed by atoms with Crippen LogP contribution in [0.3, 0.4) is 0 Å². The Morgan fingerprint density at radius 2 is 2.00 bits per heavy atom. The van der Waals surface area contributed by atoms with Crippen molar-refractivity contribution >= 4 is 0 Å². The highest BCUT2D eigenvalue weighted by molar-refractivity contribution is 5.35. The van der Waals surface area contributed by atoms with E-state index in [9.17, 15) is 0 Å². The normalized spacial score (nSPS) is 16.0. The van der Waals surface area contributed by atoms with Gasteiger partial charge >= 0.3 is 0 Å². The Kier molecular flexibility index (Phi) is 4.79. The largest absolute Gasteiger partial charge is 0.383 e. The standard InChI is InChI=1S/C16H25NO/c1-12(2)16(11-18-3)17-10-13-7-8-14-5-4-6-15(14)9-13/h7-9,12,16-17H,4-6,10-11H2,1-3H3. The first-order valence-corrected chi connectivity index (χ1v) is 7.03. The van der Waals surface area contributed by atoms with E-state index in [1.165, 1.54) is 24.8 Å². The fourth-order valence-electron chi connectivity index (χ4n) is 2.65. The monoisotopic (exact) mass is 247 g/mol. The molecule has 1 aliphatic rings. The lowest BCUT2D eigenvalue weighted by atomic mass is 10.0. The highest BCUT2D eigenvalue weighted by Crippen LogP contribution is 2.22. The maximum Gasteiger partial charge on any atom is 0.0618 e. The third kappa shape index (κ3) is 3.33. The summed E-state index contributed by atoms with van der Waals surface area (Å²) in [6.07, 6.45) is 3.85. The van der Waals surface area contributed by atoms with Gasteiger partial charge in [-0.2, -0.15) is 0 Å². The van der Waals surface area contributed by atoms with Gasteiger partial charge in [-0.25, -0.2) is 0 Å². The van der Waals surface area contributed by atoms with E-state index in [0.717, 1.165) is 13.2 Å². The van der Waals surface area contributed by atoms with Crippen molar-refractivity contribution in [2.75, 3.05) is 13.7 Å². The lowest BCUT2D eigenvalue weighted by Gasteiger charge is -2.21. The predicted octanol–water partition coefficient (Wildman–Crippen LogP) is 2.94. The van der Waals surface area contributed by atoms with E-state index in [-0.39, 0.29) is 0 Å². The van der Waals surface area contributed by atoms with Gasteiger partial charge in [-0.1, -0.05) is 32.0 Å². The summed E-state index contributed by atoms with van der Waals surface area (Å²) in [5.41, 5.74) is 4.51. The Labute approximate surface area is 111 Å². The summed E-state index contributed by atoms with van der Waals surface area (Å²) in [4.78, 5) is 0. The quantitative estimate of drug-likeness (QED) is 0.834. The summed E-state index contributed by atoms with van der Waals surface area (Å²) < 4.78 is 5.27. The van der Waals surface area contributed by atoms with Gasteiger partial charge in [0.15, 0.2) is 0 Å². The number of rotatable bonds is 6. The van der Waals surface area contributed by atoms with E-state index < -0.39 is 0 Å². The number of nitrogens with one attached hydrogen (secondary N) is 1. The minimum absolute atomic E-state index is 0.434. The molecule has 0 heterocycles. The van der Waals surface area contributed by atoms with Crippen molar-refractivity contribution in [3.63, 3.8) is 0 Å². The fraction of sp³-hybridized carbons (Fsp3) is 0.625. The summed E-state index contributed by atoms with van der Waals surface area (Å²) >= 11 is 0. The van der Waals surface area contributed by atoms with E-state index in [4.69, 9.17) is 4.74 Å². The second-order valence-electron chi connectivity index (χ2n) is 5.64. The van der Waals surface area contributed by atoms with E-state index in [2.05, 4.69) is 37.4 Å². The van der Waals surface area contributed by atoms with Gasteiger partial charge < -0.3 is 10.1 Å². The number of benzene rings is 1. The number of aryl methyl sites for hydroxylation is 2. The van der Waals surface area contributed by atoms with Gasteiger partial charge in [0.1, 0.15) is 0 Å². The van der Waals surface area contributed by atoms with Gasteiger partial charge in [0.2, 0.25) is 0 Å². The first-order chi connectivity index (χ1) is 8.70. The van der Waals surface area contributed by atoms with E-state index in [1.54, 1.807) is 18.2 Å². The van der Waals surface area contributed by atoms with Crippen LogP contribution in [0.4, 0.5) is 0 Å². The summed E-state index contributed by atoms with van der Waals surface area (Å²) in [7, 11) is 1.77. The molecule has 0 fully saturated rings. The van der Waals surface area contributed by atoms with Crippen LogP contribution in [-0.4, -0.2) is 19.8 Å². The average Bonchev–Trinajstić information content (AvgIpc) is 2.81. The van der Waals surface area contributed by atoms with Gasteiger partial charge in [-0.3, -0.25) is 0 Å². The average molecular weight is 247 g/mol. The highest BCUT2D eigenvalue weighted by atomic mass is 16.5. The third-order valence-electron chi connectivity index (χ3n) is 3.88. The molecule has 1 aliphatic carbocycles. The Morgan fingerprint density at radius 1 is 1.22 bits per heavy atom. The molecule has 0 saturated carbocycles. The number of fused-ring (bicyclic) bond motifs is 1. The number of hydrogen-bond donors (Lipinski definition) is 1. The molecule has 1 aromatic carbocycles. The van der Waals surface area contributed by atoms with E-state index >= 15 is 0 Å². The SMILES string of the molecule is COCC(NCc1ccc2c(c1)CCC2)C(C)C. The lowest BCUT2D eigenvalue weighted by Crippen LogP contribution is -2.37. The van der Waals surface area contributed by atoms with Crippen molar-refractivity contribution in [1.82, 2.24) is 5.32 Å². The van der Waals surface area contributed by atoms with Crippen LogP contribution in [0.5, 0.6) is 0 Å². The summed E-state index contributed by atoms with van der Waals surface area (Å²) in [5, 5.41) is 3.60. The molecular weight excluding hydrogens is 222 g/mol. The maximum atomic E-state index is 5.27. The van der Waals surface area contributed by atoms with Crippen LogP contribution in [0.25, 0.3) is 0 Å². The minimum atomic E-state index is 0.434. The molecule has 100 valence electrons. The molecule has 0 radical (unpaired) electrons. The molecule has 1 unspecified atom stereocenters. The number of ether oxygens (including phenoxy) is 1. The second kappa shape index (κ2) is 6.35. The van der Waals surface area contributed by atoms with Crippen LogP contribution < -0.4 is 5.32 Å². The van der Waals surface area contributed by atoms with Crippen molar-refractivity contribution in [1.29, 1.82) is 0 Å². The fourth-order valence-corrected chi connectivity index (χ4v) is 2.65. The van der Waals surface area contributed by atoms with Crippen LogP contribution in [0.15, 0.2) is 18.2 Å². The molecule has 2 heteroatoms. The molecule has 0 spiro atoms. The minimum Gasteiger partial charge on any atom is -0.383 e. The first-order valence-electron chi connectivity index (χ1n) is 7.03. The van der Waals surface area contributed by atoms with Crippen molar-refractivity contribution in [3.8, 4) is 0 Å². The summed E-state index contributed by atoms with van der Waals surface area (Å²) in [5.74, 6) is 0.597. The molecule has 2 rings (SSSR count). The summed E-state index contributed by atoms with van der Waals surface area (Å²) in [6.45, 7) is 6.20. The molecular formula is C16H25NO. The molecule has 1 aromatic rings. The Bertz CT molecular complexity index is 387. The molecule has 2 nitrogen and oxygen atoms in total. The van der Waals surface area contributed by atoms with Gasteiger partial charge in [-0.05, 0) is 41.9 Å². The second-order valence-corrected chi connectivity index (χ2v) is 5.64. The zero-order chi connectivity index (χ0) is 13.0. The van der Waals surface area contributed by atoms with Crippen LogP contribution in [0.2, 0.25) is 0 Å². The smallest absolute Gasteiger partial charge is 0.0618 e. The van der Waals surface area contributed by atoms with Crippen molar-refractivity contribution in [2.45, 2.75) is 45.7 Å². The van der Waals surface area contributed by atoms with Gasteiger partial charge in [0.05, 0.1) is 6.61 Å². The molecule has 0 aliphatic heterocycles. The zero-order valence-electron chi connectivity index (χ0n) is 11.8. The van der Waals surface area contributed by atoms with Gasteiger partial charge in [-0.15, -0.1) is 0 Å². The van der Waals surface area contributed by atoms with Gasteiger partial charge in [0.25, 0.3) is 0 Å². The lowest BCUT2D eigenvalue weighted by molar-refractivity contribution is 0.146. The third-order valence-corrected chi connectivity index (χ3v) is 3.88. The van der Waals surface area contributed by atoms with E-state index in [0.29, 0.717) is 12.0 Å². The van der Waals surface area contributed by atoms with Crippen LogP contribution in [0, 0.1) is 5.92 Å². The Hall–Kier alpha value is -0.860. The van der Waals surface area contributed by atoms with Crippen molar-refractivity contribution < 1.29 is 4.74 Å². The van der Waals surface area contributed by atoms with E-state index in [1.807, 2.05) is 0 Å². The topological polar surface area (TPSA) is 21.3 Å². The highest BCUT2D eigenvalue weighted by Gasteiger charge is 2.14. The number of methoxy groups -OCH3 is 1. The molecule has 0 amide bonds. The summed E-state index contributed by atoms with van der Waals surface area (Å²) in [6, 6.07) is 7.38. The maximum absolute atomic E-state index is 5.27. The molecule has 18 heavy (non-hydrogen) atoms. The van der Waals surface area contributed by atoms with Crippen molar-refractivity contribution in [2.24, 2.45) is 5.92 Å². The predicted molar refractivity (Wildman–Crippen MR) is 75.8 cm³/mol. The van der Waals surface area contributed by atoms with Crippen LogP contribution in [0.1, 0.15) is 37.0 Å². The zero-order valence-corrected chi connectivity index (χ0v) is 11.8. The molecule has 0 saturated heterocycles. The molecule has 0 bridgehead atoms. The molecule has 1 atom stereocenters. The van der Waals surface area contributed by atoms with Crippen LogP contribution >= 0.6 is 0 Å². The number of hydrogen-bond acceptors (Lipinski definition) is 2. The Morgan fingerprint density at radius 3 is 2.72 bits per heavy atom. The van der Waals surface area contributed by atoms with Gasteiger partial charge in [0, 0.05) is 19.7 Å². The molecule has 1 N–H and O–H groups in total.